The number of hydrogen-bond donors (Lipinski definition) is 2. The van der Waals surface area contributed by atoms with Crippen LogP contribution in [0.15, 0.2) is 29.8 Å². The van der Waals surface area contributed by atoms with Gasteiger partial charge >= 0.3 is 0 Å². The summed E-state index contributed by atoms with van der Waals surface area (Å²) in [5, 5.41) is 9.66. The Balaban J connectivity index is 1.98. The van der Waals surface area contributed by atoms with Crippen molar-refractivity contribution in [3.05, 3.63) is 45.4 Å². The Kier molecular flexibility index (Phi) is 6.02. The molecular weight excluding hydrogens is 306 g/mol. The maximum Gasteiger partial charge on any atom is 0.253 e. The summed E-state index contributed by atoms with van der Waals surface area (Å²) < 4.78 is 0. The number of thiazole rings is 1. The Bertz CT molecular complexity index is 587. The molecule has 2 N–H and O–H groups in total. The van der Waals surface area contributed by atoms with Crippen LogP contribution in [0.5, 0.6) is 0 Å². The van der Waals surface area contributed by atoms with E-state index in [1.807, 2.05) is 11.4 Å². The van der Waals surface area contributed by atoms with Crippen molar-refractivity contribution >= 4 is 34.5 Å². The van der Waals surface area contributed by atoms with Crippen molar-refractivity contribution in [3.63, 3.8) is 0 Å². The van der Waals surface area contributed by atoms with Crippen LogP contribution in [-0.2, 0) is 6.42 Å². The van der Waals surface area contributed by atoms with E-state index in [0.29, 0.717) is 17.1 Å². The molecule has 0 fully saturated rings. The van der Waals surface area contributed by atoms with Gasteiger partial charge in [0.2, 0.25) is 0 Å². The van der Waals surface area contributed by atoms with Crippen LogP contribution in [0.4, 0.5) is 5.69 Å². The lowest BCUT2D eigenvalue weighted by atomic mass is 10.1. The van der Waals surface area contributed by atoms with E-state index in [1.54, 1.807) is 29.7 Å². The van der Waals surface area contributed by atoms with Gasteiger partial charge in [-0.2, -0.15) is 0 Å². The zero-order valence-electron chi connectivity index (χ0n) is 11.9. The normalized spacial score (nSPS) is 10.4. The summed E-state index contributed by atoms with van der Waals surface area (Å²) in [6.45, 7) is 3.46. The van der Waals surface area contributed by atoms with E-state index < -0.39 is 0 Å². The third-order valence-electron chi connectivity index (χ3n) is 2.90. The summed E-state index contributed by atoms with van der Waals surface area (Å²) in [5.74, 6) is -0.118. The summed E-state index contributed by atoms with van der Waals surface area (Å²) in [5.41, 5.74) is 1.39. The van der Waals surface area contributed by atoms with Crippen LogP contribution >= 0.6 is 22.9 Å². The number of carbonyl (C=O) groups is 1. The van der Waals surface area contributed by atoms with Crippen molar-refractivity contribution < 1.29 is 4.79 Å². The minimum absolute atomic E-state index is 0.118. The number of amides is 1. The number of nitrogens with one attached hydrogen (secondary N) is 2. The first-order valence-corrected chi connectivity index (χ1v) is 8.16. The van der Waals surface area contributed by atoms with Gasteiger partial charge in [-0.05, 0) is 24.6 Å². The fourth-order valence-corrected chi connectivity index (χ4v) is 2.67. The van der Waals surface area contributed by atoms with Crippen molar-refractivity contribution in [2.24, 2.45) is 0 Å². The Morgan fingerprint density at radius 2 is 2.24 bits per heavy atom. The maximum atomic E-state index is 12.3. The largest absolute Gasteiger partial charge is 0.384 e. The molecule has 0 unspecified atom stereocenters. The second-order valence-electron chi connectivity index (χ2n) is 4.55. The zero-order chi connectivity index (χ0) is 15.1. The quantitative estimate of drug-likeness (QED) is 0.818. The molecule has 21 heavy (non-hydrogen) atoms. The molecule has 1 aromatic carbocycles. The molecule has 0 saturated heterocycles. The fraction of sp³-hybridized carbons (Fsp3) is 0.333. The summed E-state index contributed by atoms with van der Waals surface area (Å²) in [6, 6.07) is 5.32. The topological polar surface area (TPSA) is 54.0 Å². The van der Waals surface area contributed by atoms with E-state index in [1.165, 1.54) is 0 Å². The second kappa shape index (κ2) is 8.00. The van der Waals surface area contributed by atoms with Gasteiger partial charge in [-0.1, -0.05) is 18.5 Å². The Labute approximate surface area is 133 Å². The molecule has 0 atom stereocenters. The molecule has 0 aliphatic carbocycles. The van der Waals surface area contributed by atoms with Crippen LogP contribution in [0.3, 0.4) is 0 Å². The van der Waals surface area contributed by atoms with Crippen LogP contribution < -0.4 is 10.6 Å². The SMILES string of the molecule is CCCNc1ccc(Cl)cc1C(=O)NCCc1nccs1. The molecule has 6 heteroatoms. The molecule has 2 aromatic rings. The average Bonchev–Trinajstić information content (AvgIpc) is 2.99. The summed E-state index contributed by atoms with van der Waals surface area (Å²) in [4.78, 5) is 16.5. The van der Waals surface area contributed by atoms with E-state index in [9.17, 15) is 4.79 Å². The summed E-state index contributed by atoms with van der Waals surface area (Å²) in [6.07, 6.45) is 3.50. The molecule has 2 rings (SSSR count). The molecule has 1 aromatic heterocycles. The van der Waals surface area contributed by atoms with E-state index in [0.717, 1.165) is 30.1 Å². The van der Waals surface area contributed by atoms with Crippen LogP contribution in [0.1, 0.15) is 28.7 Å². The summed E-state index contributed by atoms with van der Waals surface area (Å²) in [7, 11) is 0. The van der Waals surface area contributed by atoms with Gasteiger partial charge in [-0.25, -0.2) is 4.98 Å². The zero-order valence-corrected chi connectivity index (χ0v) is 13.4. The number of hydrogen-bond acceptors (Lipinski definition) is 4. The molecule has 0 saturated carbocycles. The third kappa shape index (κ3) is 4.72. The van der Waals surface area contributed by atoms with Gasteiger partial charge in [0.1, 0.15) is 0 Å². The Morgan fingerprint density at radius 3 is 2.95 bits per heavy atom. The standard InChI is InChI=1S/C15H18ClN3OS/c1-2-6-17-13-4-3-11(16)10-12(13)15(20)19-7-5-14-18-8-9-21-14/h3-4,8-10,17H,2,5-7H2,1H3,(H,19,20). The van der Waals surface area contributed by atoms with Gasteiger partial charge in [-0.15, -0.1) is 11.3 Å². The van der Waals surface area contributed by atoms with Crippen molar-refractivity contribution in [1.82, 2.24) is 10.3 Å². The van der Waals surface area contributed by atoms with Crippen molar-refractivity contribution in [3.8, 4) is 0 Å². The smallest absolute Gasteiger partial charge is 0.253 e. The average molecular weight is 324 g/mol. The van der Waals surface area contributed by atoms with Crippen molar-refractivity contribution in [2.45, 2.75) is 19.8 Å². The fourth-order valence-electron chi connectivity index (χ4n) is 1.87. The van der Waals surface area contributed by atoms with Gasteiger partial charge in [0.05, 0.1) is 10.6 Å². The van der Waals surface area contributed by atoms with Gasteiger partial charge in [0.15, 0.2) is 0 Å². The number of rotatable bonds is 7. The van der Waals surface area contributed by atoms with Gasteiger partial charge in [-0.3, -0.25) is 4.79 Å². The molecule has 0 spiro atoms. The molecule has 1 amide bonds. The monoisotopic (exact) mass is 323 g/mol. The molecule has 4 nitrogen and oxygen atoms in total. The highest BCUT2D eigenvalue weighted by molar-refractivity contribution is 7.09. The lowest BCUT2D eigenvalue weighted by Crippen LogP contribution is -2.26. The van der Waals surface area contributed by atoms with Crippen molar-refractivity contribution in [1.29, 1.82) is 0 Å². The minimum Gasteiger partial charge on any atom is -0.384 e. The molecular formula is C15H18ClN3OS. The predicted octanol–water partition coefficient (Wildman–Crippen LogP) is 3.59. The van der Waals surface area contributed by atoms with Gasteiger partial charge < -0.3 is 10.6 Å². The molecule has 0 aliphatic heterocycles. The molecule has 0 radical (unpaired) electrons. The maximum absolute atomic E-state index is 12.3. The number of aromatic nitrogens is 1. The summed E-state index contributed by atoms with van der Waals surface area (Å²) >= 11 is 7.59. The van der Waals surface area contributed by atoms with E-state index >= 15 is 0 Å². The molecule has 112 valence electrons. The van der Waals surface area contributed by atoms with Gasteiger partial charge in [0.25, 0.3) is 5.91 Å². The number of halogens is 1. The van der Waals surface area contributed by atoms with Gasteiger partial charge in [0, 0.05) is 41.8 Å². The first kappa shape index (κ1) is 15.8. The van der Waals surface area contributed by atoms with Crippen LogP contribution in [0.25, 0.3) is 0 Å². The lowest BCUT2D eigenvalue weighted by molar-refractivity contribution is 0.0955. The van der Waals surface area contributed by atoms with E-state index in [4.69, 9.17) is 11.6 Å². The first-order valence-electron chi connectivity index (χ1n) is 6.90. The first-order chi connectivity index (χ1) is 10.2. The molecule has 1 heterocycles. The number of carbonyl (C=O) groups excluding carboxylic acids is 1. The van der Waals surface area contributed by atoms with E-state index in [2.05, 4.69) is 22.5 Å². The third-order valence-corrected chi connectivity index (χ3v) is 3.97. The lowest BCUT2D eigenvalue weighted by Gasteiger charge is -2.12. The Morgan fingerprint density at radius 1 is 1.38 bits per heavy atom. The number of anilines is 1. The predicted molar refractivity (Wildman–Crippen MR) is 88.4 cm³/mol. The molecule has 0 bridgehead atoms. The van der Waals surface area contributed by atoms with Crippen LogP contribution in [-0.4, -0.2) is 24.0 Å². The highest BCUT2D eigenvalue weighted by atomic mass is 35.5. The van der Waals surface area contributed by atoms with Crippen LogP contribution in [0.2, 0.25) is 5.02 Å². The highest BCUT2D eigenvalue weighted by Gasteiger charge is 2.11. The van der Waals surface area contributed by atoms with Crippen molar-refractivity contribution in [2.75, 3.05) is 18.4 Å². The molecule has 0 aliphatic rings. The second-order valence-corrected chi connectivity index (χ2v) is 5.96. The number of nitrogens with zero attached hydrogens (tertiary/aromatic N) is 1. The van der Waals surface area contributed by atoms with E-state index in [-0.39, 0.29) is 5.91 Å². The Hall–Kier alpha value is -1.59. The van der Waals surface area contributed by atoms with Crippen LogP contribution in [0, 0.1) is 0 Å². The minimum atomic E-state index is -0.118. The number of benzene rings is 1. The highest BCUT2D eigenvalue weighted by Crippen LogP contribution is 2.20.